The van der Waals surface area contributed by atoms with Crippen LogP contribution in [0.3, 0.4) is 0 Å². The van der Waals surface area contributed by atoms with E-state index in [0.717, 1.165) is 52.7 Å². The SMILES string of the molecule is CCNC(=NCc1c(CC)noc1CC)NCc1ccc(Br)s1.I. The number of thiophene rings is 1. The highest BCUT2D eigenvalue weighted by molar-refractivity contribution is 14.0. The van der Waals surface area contributed by atoms with Gasteiger partial charge in [-0.2, -0.15) is 0 Å². The standard InChI is InChI=1S/C16H23BrN4OS.HI/c1-4-13-12(14(5-2)22-21-13)10-20-16(18-6-3)19-9-11-7-8-15(17)23-11;/h7-8H,4-6,9-10H2,1-3H3,(H2,18,19,20);1H. The molecule has 0 aromatic carbocycles. The van der Waals surface area contributed by atoms with Gasteiger partial charge in [0.15, 0.2) is 5.96 Å². The first kappa shape index (κ1) is 21.4. The summed E-state index contributed by atoms with van der Waals surface area (Å²) in [6, 6.07) is 4.17. The van der Waals surface area contributed by atoms with Gasteiger partial charge in [-0.1, -0.05) is 19.0 Å². The third-order valence-electron chi connectivity index (χ3n) is 3.41. The summed E-state index contributed by atoms with van der Waals surface area (Å²) in [6.45, 7) is 8.39. The Morgan fingerprint density at radius 3 is 2.62 bits per heavy atom. The Bertz CT molecular complexity index is 635. The van der Waals surface area contributed by atoms with Gasteiger partial charge < -0.3 is 15.2 Å². The number of aliphatic imine (C=N–C) groups is 1. The lowest BCUT2D eigenvalue weighted by atomic mass is 10.1. The van der Waals surface area contributed by atoms with Crippen molar-refractivity contribution < 1.29 is 4.52 Å². The fourth-order valence-electron chi connectivity index (χ4n) is 2.23. The van der Waals surface area contributed by atoms with E-state index < -0.39 is 0 Å². The van der Waals surface area contributed by atoms with Gasteiger partial charge in [-0.25, -0.2) is 4.99 Å². The second kappa shape index (κ2) is 11.1. The fourth-order valence-corrected chi connectivity index (χ4v) is 3.66. The molecule has 0 aliphatic heterocycles. The van der Waals surface area contributed by atoms with E-state index in [2.05, 4.69) is 69.6 Å². The van der Waals surface area contributed by atoms with Crippen LogP contribution in [0.1, 0.15) is 42.7 Å². The zero-order chi connectivity index (χ0) is 16.7. The van der Waals surface area contributed by atoms with Gasteiger partial charge in [0.05, 0.1) is 22.6 Å². The smallest absolute Gasteiger partial charge is 0.191 e. The van der Waals surface area contributed by atoms with Crippen molar-refractivity contribution in [2.45, 2.75) is 46.7 Å². The molecule has 24 heavy (non-hydrogen) atoms. The summed E-state index contributed by atoms with van der Waals surface area (Å²) in [5.41, 5.74) is 2.12. The monoisotopic (exact) mass is 526 g/mol. The van der Waals surface area contributed by atoms with Gasteiger partial charge in [0, 0.05) is 23.4 Å². The van der Waals surface area contributed by atoms with Crippen LogP contribution < -0.4 is 10.6 Å². The van der Waals surface area contributed by atoms with Crippen molar-refractivity contribution in [2.24, 2.45) is 4.99 Å². The van der Waals surface area contributed by atoms with Crippen LogP contribution in [0.4, 0.5) is 0 Å². The molecule has 0 spiro atoms. The summed E-state index contributed by atoms with van der Waals surface area (Å²) in [4.78, 5) is 5.94. The third-order valence-corrected chi connectivity index (χ3v) is 5.03. The van der Waals surface area contributed by atoms with E-state index in [1.165, 1.54) is 4.88 Å². The van der Waals surface area contributed by atoms with Crippen LogP contribution in [-0.2, 0) is 25.9 Å². The summed E-state index contributed by atoms with van der Waals surface area (Å²) in [5, 5.41) is 10.8. The maximum atomic E-state index is 5.40. The van der Waals surface area contributed by atoms with Crippen molar-refractivity contribution in [3.8, 4) is 0 Å². The van der Waals surface area contributed by atoms with E-state index in [0.29, 0.717) is 6.54 Å². The van der Waals surface area contributed by atoms with Crippen LogP contribution in [0.5, 0.6) is 0 Å². The van der Waals surface area contributed by atoms with E-state index in [1.54, 1.807) is 11.3 Å². The molecule has 2 heterocycles. The Kier molecular flexibility index (Phi) is 9.91. The number of rotatable bonds is 7. The largest absolute Gasteiger partial charge is 0.361 e. The lowest BCUT2D eigenvalue weighted by Gasteiger charge is -2.10. The molecule has 0 aliphatic carbocycles. The molecule has 2 aromatic rings. The number of halogens is 2. The molecule has 2 N–H and O–H groups in total. The molecular formula is C16H24BrIN4OS. The lowest BCUT2D eigenvalue weighted by molar-refractivity contribution is 0.380. The van der Waals surface area contributed by atoms with Crippen LogP contribution in [-0.4, -0.2) is 17.7 Å². The van der Waals surface area contributed by atoms with Gasteiger partial charge in [-0.15, -0.1) is 35.3 Å². The summed E-state index contributed by atoms with van der Waals surface area (Å²) < 4.78 is 6.54. The minimum atomic E-state index is 0. The molecule has 8 heteroatoms. The van der Waals surface area contributed by atoms with Crippen molar-refractivity contribution in [3.63, 3.8) is 0 Å². The number of nitrogens with zero attached hydrogens (tertiary/aromatic N) is 2. The predicted octanol–water partition coefficient (Wildman–Crippen LogP) is 4.50. The normalized spacial score (nSPS) is 11.2. The Morgan fingerprint density at radius 1 is 1.25 bits per heavy atom. The maximum Gasteiger partial charge on any atom is 0.191 e. The van der Waals surface area contributed by atoms with Gasteiger partial charge >= 0.3 is 0 Å². The molecule has 0 aliphatic rings. The molecule has 0 saturated carbocycles. The lowest BCUT2D eigenvalue weighted by Crippen LogP contribution is -2.36. The molecule has 134 valence electrons. The van der Waals surface area contributed by atoms with E-state index in [9.17, 15) is 0 Å². The summed E-state index contributed by atoms with van der Waals surface area (Å²) in [5.74, 6) is 1.74. The molecule has 0 unspecified atom stereocenters. The number of aryl methyl sites for hydroxylation is 2. The van der Waals surface area contributed by atoms with Crippen molar-refractivity contribution >= 4 is 57.2 Å². The molecule has 0 bridgehead atoms. The van der Waals surface area contributed by atoms with E-state index in [1.807, 2.05) is 0 Å². The van der Waals surface area contributed by atoms with E-state index in [4.69, 9.17) is 4.52 Å². The topological polar surface area (TPSA) is 62.5 Å². The van der Waals surface area contributed by atoms with Crippen LogP contribution >= 0.6 is 51.2 Å². The van der Waals surface area contributed by atoms with Gasteiger partial charge in [0.2, 0.25) is 0 Å². The van der Waals surface area contributed by atoms with Crippen LogP contribution in [0.15, 0.2) is 25.4 Å². The molecule has 0 atom stereocenters. The summed E-state index contributed by atoms with van der Waals surface area (Å²) >= 11 is 5.21. The molecule has 0 radical (unpaired) electrons. The average Bonchev–Trinajstić information content (AvgIpc) is 3.15. The second-order valence-corrected chi connectivity index (χ2v) is 7.54. The van der Waals surface area contributed by atoms with Gasteiger partial charge in [0.1, 0.15) is 5.76 Å². The quantitative estimate of drug-likeness (QED) is 0.317. The Balaban J connectivity index is 0.00000288. The zero-order valence-electron chi connectivity index (χ0n) is 14.2. The summed E-state index contributed by atoms with van der Waals surface area (Å²) in [7, 11) is 0. The van der Waals surface area contributed by atoms with Crippen LogP contribution in [0, 0.1) is 0 Å². The number of guanidine groups is 1. The van der Waals surface area contributed by atoms with Gasteiger partial charge in [-0.3, -0.25) is 0 Å². The van der Waals surface area contributed by atoms with Crippen molar-refractivity contribution in [3.05, 3.63) is 37.8 Å². The first-order valence-corrected chi connectivity index (χ1v) is 9.51. The third kappa shape index (κ3) is 6.03. The molecular weight excluding hydrogens is 503 g/mol. The molecule has 2 rings (SSSR count). The Labute approximate surface area is 172 Å². The highest BCUT2D eigenvalue weighted by Gasteiger charge is 2.13. The number of aromatic nitrogens is 1. The summed E-state index contributed by atoms with van der Waals surface area (Å²) in [6.07, 6.45) is 1.70. The first-order chi connectivity index (χ1) is 11.2. The van der Waals surface area contributed by atoms with Crippen LogP contribution in [0.25, 0.3) is 0 Å². The highest BCUT2D eigenvalue weighted by atomic mass is 127. The number of nitrogens with one attached hydrogen (secondary N) is 2. The maximum absolute atomic E-state index is 5.40. The van der Waals surface area contributed by atoms with Gasteiger partial charge in [-0.05, 0) is 41.4 Å². The minimum absolute atomic E-state index is 0. The number of hydrogen-bond donors (Lipinski definition) is 2. The Morgan fingerprint density at radius 2 is 2.04 bits per heavy atom. The van der Waals surface area contributed by atoms with E-state index in [-0.39, 0.29) is 24.0 Å². The molecule has 2 aromatic heterocycles. The minimum Gasteiger partial charge on any atom is -0.361 e. The van der Waals surface area contributed by atoms with E-state index >= 15 is 0 Å². The first-order valence-electron chi connectivity index (χ1n) is 7.90. The molecule has 5 nitrogen and oxygen atoms in total. The zero-order valence-corrected chi connectivity index (χ0v) is 18.9. The predicted molar refractivity (Wildman–Crippen MR) is 114 cm³/mol. The molecule has 0 amide bonds. The molecule has 0 saturated heterocycles. The second-order valence-electron chi connectivity index (χ2n) is 4.99. The Hall–Kier alpha value is -0.610. The fraction of sp³-hybridized carbons (Fsp3) is 0.500. The number of hydrogen-bond acceptors (Lipinski definition) is 4. The van der Waals surface area contributed by atoms with Crippen molar-refractivity contribution in [1.29, 1.82) is 0 Å². The average molecular weight is 527 g/mol. The van der Waals surface area contributed by atoms with Gasteiger partial charge in [0.25, 0.3) is 0 Å². The molecule has 0 fully saturated rings. The van der Waals surface area contributed by atoms with Crippen molar-refractivity contribution in [1.82, 2.24) is 15.8 Å². The van der Waals surface area contributed by atoms with Crippen LogP contribution in [0.2, 0.25) is 0 Å². The van der Waals surface area contributed by atoms with Crippen molar-refractivity contribution in [2.75, 3.05) is 6.54 Å². The highest BCUT2D eigenvalue weighted by Crippen LogP contribution is 2.21.